The molecule has 1 aliphatic rings. The van der Waals surface area contributed by atoms with Crippen LogP contribution in [0.3, 0.4) is 0 Å². The van der Waals surface area contributed by atoms with E-state index in [1.54, 1.807) is 0 Å². The Morgan fingerprint density at radius 2 is 0.728 bits per heavy atom. The number of aromatic nitrogens is 4. The molecule has 5 heteroatoms. The van der Waals surface area contributed by atoms with Crippen molar-refractivity contribution in [2.24, 2.45) is 0 Å². The average molecular weight is 1310 g/mol. The van der Waals surface area contributed by atoms with Crippen LogP contribution in [0.1, 0.15) is 25.0 Å². The molecular weight excluding hydrogens is 1250 g/mol. The molecule has 0 aliphatic heterocycles. The summed E-state index contributed by atoms with van der Waals surface area (Å²) in [6.45, 7) is 4.93. The zero-order valence-corrected chi connectivity index (χ0v) is 56.6. The number of benzene rings is 18. The summed E-state index contributed by atoms with van der Waals surface area (Å²) >= 11 is 0. The van der Waals surface area contributed by atoms with E-state index in [2.05, 4.69) is 351 Å². The van der Waals surface area contributed by atoms with Crippen molar-refractivity contribution in [3.05, 3.63) is 357 Å². The Morgan fingerprint density at radius 1 is 0.272 bits per heavy atom. The molecule has 2 aromatic heterocycles. The van der Waals surface area contributed by atoms with Gasteiger partial charge in [-0.25, -0.2) is 15.0 Å². The fourth-order valence-corrected chi connectivity index (χ4v) is 17.5. The number of rotatable bonds is 9. The molecule has 0 spiro atoms. The van der Waals surface area contributed by atoms with E-state index in [-0.39, 0.29) is 0 Å². The smallest absolute Gasteiger partial charge is 0.164 e. The number of hydrogen-bond donors (Lipinski definition) is 0. The van der Waals surface area contributed by atoms with Crippen molar-refractivity contribution in [2.75, 3.05) is 4.90 Å². The third-order valence-electron chi connectivity index (χ3n) is 22.1. The second kappa shape index (κ2) is 22.8. The Labute approximate surface area is 595 Å². The first-order valence-electron chi connectivity index (χ1n) is 35.6. The van der Waals surface area contributed by atoms with E-state index in [9.17, 15) is 0 Å². The summed E-state index contributed by atoms with van der Waals surface area (Å²) in [5.41, 5.74) is 18.7. The molecule has 0 saturated carbocycles. The standard InChI is InChI=1S/C98H63N5/c1-98(2)88-59-85-77-41-20-17-37-73(77)72-36-16-19-40-76(72)84(85)58-86(88)91-80-43-23-24-44-81(80)92-87-56-63(68-53-55-89(79-42-22-21-33-69(68)79)102(64-30-10-5-11-31-64)66-51-52-78-74-38-14-13-34-70(74)71-35-15-18-39-75(71)83(78)57-66)48-54-90(87)103(94(92)93(91)98)65-49-46-62(47-50-65)96-99-95(61-28-8-4-9-29-61)100-97(101-96)82-45-25-12-32-67(82)60-26-6-3-7-27-60/h3-59H,1-2H3. The van der Waals surface area contributed by atoms with Crippen LogP contribution in [0.25, 0.3) is 181 Å². The molecule has 0 fully saturated rings. The molecule has 18 aromatic carbocycles. The highest BCUT2D eigenvalue weighted by Gasteiger charge is 2.41. The lowest BCUT2D eigenvalue weighted by Crippen LogP contribution is -2.16. The van der Waals surface area contributed by atoms with Crippen LogP contribution in [0.15, 0.2) is 346 Å². The quantitative estimate of drug-likeness (QED) is 0.135. The molecule has 1 aliphatic carbocycles. The van der Waals surface area contributed by atoms with E-state index >= 15 is 0 Å². The molecule has 0 radical (unpaired) electrons. The minimum absolute atomic E-state index is 0.448. The van der Waals surface area contributed by atoms with E-state index < -0.39 is 5.41 Å². The number of hydrogen-bond acceptors (Lipinski definition) is 4. The van der Waals surface area contributed by atoms with Crippen LogP contribution < -0.4 is 4.90 Å². The van der Waals surface area contributed by atoms with Gasteiger partial charge in [0, 0.05) is 55.3 Å². The molecule has 103 heavy (non-hydrogen) atoms. The normalized spacial score (nSPS) is 12.6. The largest absolute Gasteiger partial charge is 0.310 e. The Kier molecular flexibility index (Phi) is 13.0. The molecule has 20 aromatic rings. The molecule has 0 saturated heterocycles. The third-order valence-corrected chi connectivity index (χ3v) is 22.1. The molecule has 0 N–H and O–H groups in total. The van der Waals surface area contributed by atoms with E-state index in [0.717, 1.165) is 72.6 Å². The molecular formula is C98H63N5. The van der Waals surface area contributed by atoms with Gasteiger partial charge in [0.25, 0.3) is 0 Å². The molecule has 0 bridgehead atoms. The SMILES string of the molecule is CC1(C)c2cc3c4ccccc4c4ccccc4c3cc2-c2c1c1c(c3ccccc23)c2cc(-c3ccc(N(c4ccccc4)c4ccc5c6ccccc6c6ccccc6c5c4)c4ccccc34)ccc2n1-c1ccc(-c2nc(-c3ccccc3)nc(-c3ccccc3-c3ccccc3)n2)cc1. The topological polar surface area (TPSA) is 46.8 Å². The Balaban J connectivity index is 0.789. The second-order valence-electron chi connectivity index (χ2n) is 28.0. The lowest BCUT2D eigenvalue weighted by molar-refractivity contribution is 0.665. The van der Waals surface area contributed by atoms with Crippen LogP contribution in [0, 0.1) is 0 Å². The first-order chi connectivity index (χ1) is 50.9. The maximum atomic E-state index is 5.37. The molecule has 0 unspecified atom stereocenters. The van der Waals surface area contributed by atoms with Crippen molar-refractivity contribution >= 4 is 125 Å². The van der Waals surface area contributed by atoms with Crippen molar-refractivity contribution in [3.8, 4) is 73.2 Å². The van der Waals surface area contributed by atoms with Crippen LogP contribution >= 0.6 is 0 Å². The van der Waals surface area contributed by atoms with Gasteiger partial charge in [0.05, 0.1) is 16.7 Å². The number of fused-ring (bicyclic) bond motifs is 23. The van der Waals surface area contributed by atoms with Crippen LogP contribution in [0.5, 0.6) is 0 Å². The molecule has 2 heterocycles. The highest BCUT2D eigenvalue weighted by molar-refractivity contribution is 6.31. The van der Waals surface area contributed by atoms with Gasteiger partial charge in [-0.15, -0.1) is 0 Å². The fraction of sp³-hybridized carbons (Fsp3) is 0.0306. The molecule has 0 amide bonds. The summed E-state index contributed by atoms with van der Waals surface area (Å²) in [4.78, 5) is 18.3. The summed E-state index contributed by atoms with van der Waals surface area (Å²) in [5.74, 6) is 1.84. The Bertz CT molecular complexity index is 6900. The van der Waals surface area contributed by atoms with Gasteiger partial charge in [0.15, 0.2) is 17.5 Å². The van der Waals surface area contributed by atoms with E-state index in [0.29, 0.717) is 17.5 Å². The number of anilines is 3. The Hall–Kier alpha value is -13.4. The average Bonchev–Trinajstić information content (AvgIpc) is 1.52. The van der Waals surface area contributed by atoms with Gasteiger partial charge >= 0.3 is 0 Å². The van der Waals surface area contributed by atoms with Crippen LogP contribution in [0.4, 0.5) is 17.1 Å². The summed E-state index contributed by atoms with van der Waals surface area (Å²) in [5, 5.41) is 22.4. The van der Waals surface area contributed by atoms with Crippen molar-refractivity contribution in [2.45, 2.75) is 19.3 Å². The summed E-state index contributed by atoms with van der Waals surface area (Å²) in [6.07, 6.45) is 0. The highest BCUT2D eigenvalue weighted by atomic mass is 15.1. The minimum atomic E-state index is -0.448. The maximum absolute atomic E-state index is 5.37. The van der Waals surface area contributed by atoms with Crippen molar-refractivity contribution < 1.29 is 0 Å². The van der Waals surface area contributed by atoms with Gasteiger partial charge in [-0.2, -0.15) is 0 Å². The lowest BCUT2D eigenvalue weighted by atomic mass is 9.79. The van der Waals surface area contributed by atoms with Gasteiger partial charge in [-0.05, 0) is 204 Å². The zero-order valence-electron chi connectivity index (χ0n) is 56.6. The lowest BCUT2D eigenvalue weighted by Gasteiger charge is -2.28. The Morgan fingerprint density at radius 3 is 1.34 bits per heavy atom. The van der Waals surface area contributed by atoms with Gasteiger partial charge in [0.2, 0.25) is 0 Å². The molecule has 21 rings (SSSR count). The van der Waals surface area contributed by atoms with Crippen molar-refractivity contribution in [3.63, 3.8) is 0 Å². The van der Waals surface area contributed by atoms with Gasteiger partial charge in [-0.1, -0.05) is 281 Å². The summed E-state index contributed by atoms with van der Waals surface area (Å²) in [6, 6.07) is 127. The maximum Gasteiger partial charge on any atom is 0.164 e. The second-order valence-corrected chi connectivity index (χ2v) is 28.0. The van der Waals surface area contributed by atoms with Crippen molar-refractivity contribution in [1.82, 2.24) is 19.5 Å². The highest BCUT2D eigenvalue weighted by Crippen LogP contribution is 2.59. The molecule has 0 atom stereocenters. The van der Waals surface area contributed by atoms with E-state index in [1.165, 1.54) is 119 Å². The van der Waals surface area contributed by atoms with Gasteiger partial charge < -0.3 is 9.47 Å². The van der Waals surface area contributed by atoms with Gasteiger partial charge in [0.1, 0.15) is 0 Å². The van der Waals surface area contributed by atoms with Crippen LogP contribution in [-0.4, -0.2) is 19.5 Å². The predicted octanol–water partition coefficient (Wildman–Crippen LogP) is 26.3. The first kappa shape index (κ1) is 58.6. The van der Waals surface area contributed by atoms with Crippen LogP contribution in [0.2, 0.25) is 0 Å². The van der Waals surface area contributed by atoms with Crippen LogP contribution in [-0.2, 0) is 5.41 Å². The first-order valence-corrected chi connectivity index (χ1v) is 35.6. The predicted molar refractivity (Wildman–Crippen MR) is 434 cm³/mol. The number of nitrogens with zero attached hydrogens (tertiary/aromatic N) is 5. The number of para-hydroxylation sites is 1. The molecule has 5 nitrogen and oxygen atoms in total. The molecule has 480 valence electrons. The third kappa shape index (κ3) is 8.95. The zero-order chi connectivity index (χ0) is 68.0. The summed E-state index contributed by atoms with van der Waals surface area (Å²) < 4.78 is 2.57. The van der Waals surface area contributed by atoms with Gasteiger partial charge in [-0.3, -0.25) is 0 Å². The van der Waals surface area contributed by atoms with E-state index in [1.807, 2.05) is 18.2 Å². The van der Waals surface area contributed by atoms with Crippen molar-refractivity contribution in [1.29, 1.82) is 0 Å². The monoisotopic (exact) mass is 1310 g/mol. The fourth-order valence-electron chi connectivity index (χ4n) is 17.5. The summed E-state index contributed by atoms with van der Waals surface area (Å²) in [7, 11) is 0. The van der Waals surface area contributed by atoms with E-state index in [4.69, 9.17) is 15.0 Å². The minimum Gasteiger partial charge on any atom is -0.310 e.